The van der Waals surface area contributed by atoms with Crippen molar-refractivity contribution in [3.63, 3.8) is 0 Å². The third kappa shape index (κ3) is 2.98. The first-order chi connectivity index (χ1) is 10.1. The average molecular weight is 290 g/mol. The van der Waals surface area contributed by atoms with Crippen LogP contribution in [0.5, 0.6) is 5.75 Å². The molecule has 0 saturated heterocycles. The second-order valence-corrected chi connectivity index (χ2v) is 4.15. The number of ether oxygens (including phenoxy) is 1. The van der Waals surface area contributed by atoms with E-state index in [9.17, 15) is 10.1 Å². The largest absolute Gasteiger partial charge is 0.495 e. The van der Waals surface area contributed by atoms with Crippen molar-refractivity contribution >= 4 is 23.0 Å². The molecule has 1 aromatic carbocycles. The molecule has 2 rings (SSSR count). The van der Waals surface area contributed by atoms with Crippen LogP contribution >= 0.6 is 0 Å². The van der Waals surface area contributed by atoms with Crippen LogP contribution in [0.25, 0.3) is 0 Å². The topological polar surface area (TPSA) is 128 Å². The quantitative estimate of drug-likeness (QED) is 0.431. The fourth-order valence-corrected chi connectivity index (χ4v) is 1.80. The Kier molecular flexibility index (Phi) is 4.14. The zero-order valence-electron chi connectivity index (χ0n) is 11.5. The molecule has 0 saturated carbocycles. The third-order valence-corrected chi connectivity index (χ3v) is 2.75. The van der Waals surface area contributed by atoms with Crippen LogP contribution in [-0.4, -0.2) is 22.0 Å². The monoisotopic (exact) mass is 290 g/mol. The molecule has 1 aromatic heterocycles. The van der Waals surface area contributed by atoms with E-state index in [1.54, 1.807) is 12.1 Å². The highest BCUT2D eigenvalue weighted by molar-refractivity contribution is 5.75. The van der Waals surface area contributed by atoms with E-state index in [1.807, 2.05) is 13.0 Å². The van der Waals surface area contributed by atoms with Gasteiger partial charge in [-0.25, -0.2) is 15.8 Å². The normalized spacial score (nSPS) is 10.0. The van der Waals surface area contributed by atoms with Gasteiger partial charge in [-0.2, -0.15) is 0 Å². The number of aryl methyl sites for hydroxylation is 1. The van der Waals surface area contributed by atoms with Gasteiger partial charge in [-0.15, -0.1) is 0 Å². The first-order valence-electron chi connectivity index (χ1n) is 5.94. The molecule has 110 valence electrons. The fraction of sp³-hybridized carbons (Fsp3) is 0.167. The second-order valence-electron chi connectivity index (χ2n) is 4.15. The van der Waals surface area contributed by atoms with Crippen molar-refractivity contribution in [1.82, 2.24) is 9.97 Å². The molecule has 0 amide bonds. The van der Waals surface area contributed by atoms with Gasteiger partial charge in [0.05, 0.1) is 17.7 Å². The number of rotatable bonds is 5. The highest BCUT2D eigenvalue weighted by Gasteiger charge is 2.23. The van der Waals surface area contributed by atoms with E-state index in [4.69, 9.17) is 10.6 Å². The number of nitro groups is 1. The van der Waals surface area contributed by atoms with Crippen LogP contribution in [0.2, 0.25) is 0 Å². The van der Waals surface area contributed by atoms with Crippen LogP contribution in [0.4, 0.5) is 23.0 Å². The number of anilines is 3. The zero-order valence-corrected chi connectivity index (χ0v) is 11.5. The van der Waals surface area contributed by atoms with E-state index in [0.717, 1.165) is 5.56 Å². The maximum absolute atomic E-state index is 11.2. The van der Waals surface area contributed by atoms with Crippen LogP contribution in [0.3, 0.4) is 0 Å². The number of hydrazine groups is 1. The van der Waals surface area contributed by atoms with Crippen molar-refractivity contribution in [2.45, 2.75) is 6.92 Å². The van der Waals surface area contributed by atoms with Gasteiger partial charge in [0.1, 0.15) is 12.1 Å². The first-order valence-corrected chi connectivity index (χ1v) is 5.94. The van der Waals surface area contributed by atoms with Crippen molar-refractivity contribution in [3.8, 4) is 5.75 Å². The van der Waals surface area contributed by atoms with Crippen molar-refractivity contribution in [1.29, 1.82) is 0 Å². The van der Waals surface area contributed by atoms with Gasteiger partial charge in [0.25, 0.3) is 0 Å². The molecule has 9 nitrogen and oxygen atoms in total. The Morgan fingerprint density at radius 2 is 2.05 bits per heavy atom. The standard InChI is InChI=1S/C12H14N6O3/c1-7-3-4-9(21-2)8(5-7)16-11-10(18(19)20)12(17-13)15-6-14-11/h3-6H,13H2,1-2H3,(H2,14,15,16,17). The maximum atomic E-state index is 11.2. The number of aromatic nitrogens is 2. The number of methoxy groups -OCH3 is 1. The highest BCUT2D eigenvalue weighted by Crippen LogP contribution is 2.34. The van der Waals surface area contributed by atoms with Crippen LogP contribution in [0.15, 0.2) is 24.5 Å². The lowest BCUT2D eigenvalue weighted by atomic mass is 10.2. The van der Waals surface area contributed by atoms with Gasteiger partial charge in [0, 0.05) is 0 Å². The molecule has 0 aliphatic carbocycles. The second kappa shape index (κ2) is 6.01. The summed E-state index contributed by atoms with van der Waals surface area (Å²) in [5.74, 6) is 5.71. The molecule has 0 bridgehead atoms. The summed E-state index contributed by atoms with van der Waals surface area (Å²) in [5, 5.41) is 14.0. The number of hydrogen-bond donors (Lipinski definition) is 3. The summed E-state index contributed by atoms with van der Waals surface area (Å²) in [6.45, 7) is 1.89. The summed E-state index contributed by atoms with van der Waals surface area (Å²) in [6, 6.07) is 5.41. The predicted octanol–water partition coefficient (Wildman–Crippen LogP) is 1.73. The van der Waals surface area contributed by atoms with Gasteiger partial charge in [-0.1, -0.05) is 6.07 Å². The zero-order chi connectivity index (χ0) is 15.4. The third-order valence-electron chi connectivity index (χ3n) is 2.75. The van der Waals surface area contributed by atoms with Gasteiger partial charge in [-0.3, -0.25) is 10.1 Å². The summed E-state index contributed by atoms with van der Waals surface area (Å²) in [5.41, 5.74) is 3.36. The smallest absolute Gasteiger partial charge is 0.354 e. The lowest BCUT2D eigenvalue weighted by molar-refractivity contribution is -0.383. The van der Waals surface area contributed by atoms with Crippen LogP contribution < -0.4 is 21.3 Å². The van der Waals surface area contributed by atoms with Crippen LogP contribution in [-0.2, 0) is 0 Å². The first kappa shape index (κ1) is 14.5. The van der Waals surface area contributed by atoms with Crippen LogP contribution in [0, 0.1) is 17.0 Å². The Hall–Kier alpha value is -2.94. The molecule has 0 radical (unpaired) electrons. The molecule has 0 unspecified atom stereocenters. The molecule has 0 aliphatic rings. The van der Waals surface area contributed by atoms with E-state index < -0.39 is 4.92 Å². The minimum atomic E-state index is -0.611. The van der Waals surface area contributed by atoms with Gasteiger partial charge in [0.2, 0.25) is 11.6 Å². The average Bonchev–Trinajstić information content (AvgIpc) is 2.47. The molecule has 0 atom stereocenters. The van der Waals surface area contributed by atoms with E-state index in [1.165, 1.54) is 13.4 Å². The van der Waals surface area contributed by atoms with E-state index in [0.29, 0.717) is 11.4 Å². The number of nitrogens with two attached hydrogens (primary N) is 1. The number of nitrogens with zero attached hydrogens (tertiary/aromatic N) is 3. The highest BCUT2D eigenvalue weighted by atomic mass is 16.6. The van der Waals surface area contributed by atoms with E-state index in [2.05, 4.69) is 20.7 Å². The molecule has 4 N–H and O–H groups in total. The predicted molar refractivity (Wildman–Crippen MR) is 77.5 cm³/mol. The Labute approximate surface area is 120 Å². The molecular formula is C12H14N6O3. The van der Waals surface area contributed by atoms with E-state index in [-0.39, 0.29) is 17.3 Å². The van der Waals surface area contributed by atoms with Crippen molar-refractivity contribution in [2.75, 3.05) is 17.9 Å². The summed E-state index contributed by atoms with van der Waals surface area (Å²) in [4.78, 5) is 18.2. The minimum absolute atomic E-state index is 0.0202. The number of nitrogen functional groups attached to an aromatic ring is 1. The summed E-state index contributed by atoms with van der Waals surface area (Å²) < 4.78 is 5.21. The van der Waals surface area contributed by atoms with Gasteiger partial charge >= 0.3 is 5.69 Å². The lowest BCUT2D eigenvalue weighted by Gasteiger charge is -2.12. The molecular weight excluding hydrogens is 276 g/mol. The molecule has 0 fully saturated rings. The number of hydrogen-bond acceptors (Lipinski definition) is 8. The van der Waals surface area contributed by atoms with Crippen molar-refractivity contribution < 1.29 is 9.66 Å². The van der Waals surface area contributed by atoms with Gasteiger partial charge in [0.15, 0.2) is 0 Å². The molecule has 21 heavy (non-hydrogen) atoms. The fourth-order valence-electron chi connectivity index (χ4n) is 1.80. The Morgan fingerprint density at radius 1 is 1.33 bits per heavy atom. The van der Waals surface area contributed by atoms with Gasteiger partial charge in [-0.05, 0) is 24.6 Å². The SMILES string of the molecule is COc1ccc(C)cc1Nc1ncnc(NN)c1[N+](=O)[O-]. The Morgan fingerprint density at radius 3 is 2.67 bits per heavy atom. The molecule has 2 aromatic rings. The minimum Gasteiger partial charge on any atom is -0.495 e. The summed E-state index contributed by atoms with van der Waals surface area (Å²) in [6.07, 6.45) is 1.17. The maximum Gasteiger partial charge on any atom is 0.354 e. The number of nitrogens with one attached hydrogen (secondary N) is 2. The van der Waals surface area contributed by atoms with Gasteiger partial charge < -0.3 is 15.5 Å². The van der Waals surface area contributed by atoms with Crippen LogP contribution in [0.1, 0.15) is 5.56 Å². The Bertz CT molecular complexity index is 676. The van der Waals surface area contributed by atoms with E-state index >= 15 is 0 Å². The summed E-state index contributed by atoms with van der Waals surface area (Å²) in [7, 11) is 1.51. The number of benzene rings is 1. The van der Waals surface area contributed by atoms with Crippen molar-refractivity contribution in [3.05, 3.63) is 40.2 Å². The molecule has 9 heteroatoms. The summed E-state index contributed by atoms with van der Waals surface area (Å²) >= 11 is 0. The molecule has 0 spiro atoms. The lowest BCUT2D eigenvalue weighted by Crippen LogP contribution is -2.13. The Balaban J connectivity index is 2.49. The molecule has 1 heterocycles. The molecule has 0 aliphatic heterocycles. The van der Waals surface area contributed by atoms with Crippen molar-refractivity contribution in [2.24, 2.45) is 5.84 Å².